The maximum Gasteiger partial charge on any atom is 0.284 e. The maximum atomic E-state index is 12.2. The number of alkyl halides is 2. The van der Waals surface area contributed by atoms with Gasteiger partial charge in [-0.15, -0.1) is 0 Å². The van der Waals surface area contributed by atoms with Crippen molar-refractivity contribution in [3.8, 4) is 0 Å². The molecule has 1 rings (SSSR count). The summed E-state index contributed by atoms with van der Waals surface area (Å²) in [5, 5.41) is 9.17. The van der Waals surface area contributed by atoms with Crippen molar-refractivity contribution >= 4 is 6.29 Å². The molecule has 76 valence electrons. The summed E-state index contributed by atoms with van der Waals surface area (Å²) in [6.45, 7) is 0. The average Bonchev–Trinajstić information content (AvgIpc) is 2.17. The fourth-order valence-corrected chi connectivity index (χ4v) is 0.955. The molecule has 0 heterocycles. The molecule has 5 heteroatoms. The van der Waals surface area contributed by atoms with Crippen molar-refractivity contribution < 1.29 is 18.7 Å². The second-order valence-corrected chi connectivity index (χ2v) is 2.87. The van der Waals surface area contributed by atoms with Crippen LogP contribution < -0.4 is 5.73 Å². The first-order valence-corrected chi connectivity index (χ1v) is 3.83. The molecule has 3 N–H and O–H groups in total. The molecule has 0 radical (unpaired) electrons. The Labute approximate surface area is 79.2 Å². The summed E-state index contributed by atoms with van der Waals surface area (Å²) in [6.07, 6.45) is -2.51. The van der Waals surface area contributed by atoms with Gasteiger partial charge in [-0.25, -0.2) is 8.78 Å². The fourth-order valence-electron chi connectivity index (χ4n) is 0.955. The average molecular weight is 201 g/mol. The molecule has 0 saturated heterocycles. The van der Waals surface area contributed by atoms with E-state index in [4.69, 9.17) is 10.8 Å². The minimum absolute atomic E-state index is 0.127. The highest BCUT2D eigenvalue weighted by molar-refractivity contribution is 5.74. The lowest BCUT2D eigenvalue weighted by Gasteiger charge is -2.22. The Morgan fingerprint density at radius 3 is 2.21 bits per heavy atom. The van der Waals surface area contributed by atoms with E-state index < -0.39 is 12.2 Å². The predicted molar refractivity (Wildman–Crippen MR) is 45.9 cm³/mol. The maximum absolute atomic E-state index is 12.2. The topological polar surface area (TPSA) is 63.3 Å². The van der Waals surface area contributed by atoms with Gasteiger partial charge in [-0.2, -0.15) is 0 Å². The van der Waals surface area contributed by atoms with Gasteiger partial charge in [-0.1, -0.05) is 24.3 Å². The van der Waals surface area contributed by atoms with Crippen LogP contribution in [0.2, 0.25) is 0 Å². The summed E-state index contributed by atoms with van der Waals surface area (Å²) >= 11 is 0. The molecule has 1 aromatic rings. The van der Waals surface area contributed by atoms with Crippen LogP contribution in [0.3, 0.4) is 0 Å². The molecule has 1 atom stereocenters. The van der Waals surface area contributed by atoms with E-state index in [-0.39, 0.29) is 5.56 Å². The van der Waals surface area contributed by atoms with E-state index in [1.807, 2.05) is 0 Å². The van der Waals surface area contributed by atoms with Gasteiger partial charge in [-0.3, -0.25) is 10.5 Å². The zero-order valence-electron chi connectivity index (χ0n) is 7.15. The van der Waals surface area contributed by atoms with Crippen molar-refractivity contribution in [1.29, 1.82) is 0 Å². The van der Waals surface area contributed by atoms with Crippen LogP contribution in [0.15, 0.2) is 24.3 Å². The molecule has 0 saturated carbocycles. The smallest absolute Gasteiger partial charge is 0.284 e. The van der Waals surface area contributed by atoms with Gasteiger partial charge in [0.15, 0.2) is 0 Å². The van der Waals surface area contributed by atoms with Gasteiger partial charge < -0.3 is 5.11 Å². The molecule has 0 amide bonds. The number of halogens is 2. The summed E-state index contributed by atoms with van der Waals surface area (Å²) in [7, 11) is 0. The summed E-state index contributed by atoms with van der Waals surface area (Å²) in [4.78, 5) is 10.3. The minimum atomic E-state index is -3.08. The molecule has 0 aromatic heterocycles. The van der Waals surface area contributed by atoms with E-state index in [0.29, 0.717) is 11.8 Å². The van der Waals surface area contributed by atoms with Crippen molar-refractivity contribution in [3.05, 3.63) is 35.4 Å². The number of benzene rings is 1. The molecule has 0 aliphatic heterocycles. The lowest BCUT2D eigenvalue weighted by Crippen LogP contribution is -2.43. The lowest BCUT2D eigenvalue weighted by atomic mass is 10.0. The van der Waals surface area contributed by atoms with E-state index in [1.54, 1.807) is 0 Å². The molecule has 14 heavy (non-hydrogen) atoms. The van der Waals surface area contributed by atoms with Crippen LogP contribution in [0.5, 0.6) is 0 Å². The van der Waals surface area contributed by atoms with Crippen molar-refractivity contribution in [2.24, 2.45) is 5.73 Å². The molecule has 0 aliphatic rings. The first-order valence-electron chi connectivity index (χ1n) is 3.83. The second-order valence-electron chi connectivity index (χ2n) is 2.87. The van der Waals surface area contributed by atoms with E-state index in [1.165, 1.54) is 24.3 Å². The van der Waals surface area contributed by atoms with Gasteiger partial charge in [0.2, 0.25) is 5.72 Å². The number of carbonyl (C=O) groups excluding carboxylic acids is 1. The van der Waals surface area contributed by atoms with E-state index in [2.05, 4.69) is 0 Å². The highest BCUT2D eigenvalue weighted by atomic mass is 19.3. The second kappa shape index (κ2) is 3.81. The van der Waals surface area contributed by atoms with Crippen LogP contribution in [-0.4, -0.2) is 17.8 Å². The molecule has 0 fully saturated rings. The van der Waals surface area contributed by atoms with Crippen molar-refractivity contribution in [3.63, 3.8) is 0 Å². The van der Waals surface area contributed by atoms with Gasteiger partial charge >= 0.3 is 0 Å². The van der Waals surface area contributed by atoms with Crippen LogP contribution in [0.4, 0.5) is 8.78 Å². The molecular weight excluding hydrogens is 192 g/mol. The Hall–Kier alpha value is -1.33. The molecule has 3 nitrogen and oxygen atoms in total. The van der Waals surface area contributed by atoms with E-state index in [0.717, 1.165) is 0 Å². The fraction of sp³-hybridized carbons (Fsp3) is 0.222. The minimum Gasteiger partial charge on any atom is -0.367 e. The number of aliphatic hydroxyl groups is 1. The van der Waals surface area contributed by atoms with Crippen LogP contribution in [-0.2, 0) is 5.72 Å². The summed E-state index contributed by atoms with van der Waals surface area (Å²) in [5.74, 6) is 0. The van der Waals surface area contributed by atoms with Gasteiger partial charge in [0.1, 0.15) is 6.29 Å². The summed E-state index contributed by atoms with van der Waals surface area (Å²) in [5.41, 5.74) is 2.53. The lowest BCUT2D eigenvalue weighted by molar-refractivity contribution is -0.0976. The van der Waals surface area contributed by atoms with Crippen LogP contribution in [0, 0.1) is 0 Å². The number of hydrogen-bond donors (Lipinski definition) is 2. The Balaban J connectivity index is 3.02. The highest BCUT2D eigenvalue weighted by Crippen LogP contribution is 2.22. The quantitative estimate of drug-likeness (QED) is 0.563. The summed E-state index contributed by atoms with van der Waals surface area (Å²) in [6, 6.07) is 5.00. The first-order chi connectivity index (χ1) is 6.48. The molecule has 0 aliphatic carbocycles. The molecule has 1 aromatic carbocycles. The number of carbonyl (C=O) groups is 1. The molecular formula is C9H9F2NO2. The van der Waals surface area contributed by atoms with Gasteiger partial charge in [0.05, 0.1) is 0 Å². The van der Waals surface area contributed by atoms with E-state index >= 15 is 0 Å². The largest absolute Gasteiger partial charge is 0.367 e. The Kier molecular flexibility index (Phi) is 2.93. The SMILES string of the molecule is N[C@@](O)(c1ccc(C=O)cc1)C(F)F. The van der Waals surface area contributed by atoms with Crippen LogP contribution in [0.1, 0.15) is 15.9 Å². The van der Waals surface area contributed by atoms with Crippen molar-refractivity contribution in [2.75, 3.05) is 0 Å². The van der Waals surface area contributed by atoms with Crippen LogP contribution in [0.25, 0.3) is 0 Å². The summed E-state index contributed by atoms with van der Waals surface area (Å²) < 4.78 is 24.5. The monoisotopic (exact) mass is 201 g/mol. The third-order valence-corrected chi connectivity index (χ3v) is 1.84. The Morgan fingerprint density at radius 2 is 1.86 bits per heavy atom. The number of rotatable bonds is 3. The highest BCUT2D eigenvalue weighted by Gasteiger charge is 2.34. The number of aldehydes is 1. The molecule has 0 spiro atoms. The van der Waals surface area contributed by atoms with Crippen molar-refractivity contribution in [2.45, 2.75) is 12.2 Å². The Morgan fingerprint density at radius 1 is 1.36 bits per heavy atom. The van der Waals surface area contributed by atoms with E-state index in [9.17, 15) is 13.6 Å². The van der Waals surface area contributed by atoms with Gasteiger partial charge in [0.25, 0.3) is 6.43 Å². The standard InChI is InChI=1S/C9H9F2NO2/c10-8(11)9(12,14)7-3-1-6(5-13)2-4-7/h1-5,8,14H,12H2/t9-/m1/s1. The molecule has 0 bridgehead atoms. The van der Waals surface area contributed by atoms with Crippen molar-refractivity contribution in [1.82, 2.24) is 0 Å². The predicted octanol–water partition coefficient (Wildman–Crippen LogP) is 0.868. The zero-order chi connectivity index (χ0) is 10.8. The van der Waals surface area contributed by atoms with Gasteiger partial charge in [-0.05, 0) is 0 Å². The zero-order valence-corrected chi connectivity index (χ0v) is 7.15. The third-order valence-electron chi connectivity index (χ3n) is 1.84. The normalized spacial score (nSPS) is 15.2. The molecule has 0 unspecified atom stereocenters. The first kappa shape index (κ1) is 10.7. The number of nitrogens with two attached hydrogens (primary N) is 1. The Bertz CT molecular complexity index is 322. The third kappa shape index (κ3) is 1.94. The number of hydrogen-bond acceptors (Lipinski definition) is 3. The van der Waals surface area contributed by atoms with Gasteiger partial charge in [0, 0.05) is 11.1 Å². The van der Waals surface area contributed by atoms with Crippen LogP contribution >= 0.6 is 0 Å².